The van der Waals surface area contributed by atoms with Crippen LogP contribution >= 0.6 is 0 Å². The third-order valence-corrected chi connectivity index (χ3v) is 5.23. The van der Waals surface area contributed by atoms with Gasteiger partial charge in [-0.05, 0) is 19.3 Å². The highest BCUT2D eigenvalue weighted by atomic mass is 32.2. The Hall–Kier alpha value is -1.15. The third kappa shape index (κ3) is 3.90. The highest BCUT2D eigenvalue weighted by molar-refractivity contribution is 7.89. The van der Waals surface area contributed by atoms with Gasteiger partial charge in [0.05, 0.1) is 18.8 Å². The number of esters is 1. The number of rotatable bonds is 5. The van der Waals surface area contributed by atoms with E-state index in [4.69, 9.17) is 5.11 Å². The van der Waals surface area contributed by atoms with Crippen molar-refractivity contribution in [2.24, 2.45) is 5.92 Å². The lowest BCUT2D eigenvalue weighted by atomic mass is 10.1. The summed E-state index contributed by atoms with van der Waals surface area (Å²) in [5, 5.41) is 9.06. The van der Waals surface area contributed by atoms with Crippen LogP contribution in [0.2, 0.25) is 0 Å². The van der Waals surface area contributed by atoms with Gasteiger partial charge in [0.25, 0.3) is 0 Å². The van der Waals surface area contributed by atoms with E-state index < -0.39 is 39.7 Å². The Labute approximate surface area is 112 Å². The molecule has 1 aliphatic heterocycles. The topological polar surface area (TPSA) is 101 Å². The van der Waals surface area contributed by atoms with Crippen LogP contribution in [-0.4, -0.2) is 55.2 Å². The average Bonchev–Trinajstić information content (AvgIpc) is 2.37. The van der Waals surface area contributed by atoms with Gasteiger partial charge in [0.2, 0.25) is 10.0 Å². The van der Waals surface area contributed by atoms with E-state index in [0.717, 1.165) is 4.31 Å². The zero-order valence-corrected chi connectivity index (χ0v) is 11.9. The van der Waals surface area contributed by atoms with Crippen LogP contribution in [0.15, 0.2) is 0 Å². The lowest BCUT2D eigenvalue weighted by Crippen LogP contribution is -2.49. The molecule has 0 spiro atoms. The minimum Gasteiger partial charge on any atom is -0.480 e. The summed E-state index contributed by atoms with van der Waals surface area (Å²) in [6.45, 7) is 1.64. The summed E-state index contributed by atoms with van der Waals surface area (Å²) in [6.07, 6.45) is 1.63. The van der Waals surface area contributed by atoms with E-state index in [1.54, 1.807) is 0 Å². The van der Waals surface area contributed by atoms with Gasteiger partial charge in [-0.15, -0.1) is 0 Å². The number of nitrogens with zero attached hydrogens (tertiary/aromatic N) is 1. The molecule has 0 radical (unpaired) electrons. The molecule has 19 heavy (non-hydrogen) atoms. The molecule has 1 fully saturated rings. The predicted octanol–water partition coefficient (Wildman–Crippen LogP) is 0.0644. The van der Waals surface area contributed by atoms with Gasteiger partial charge in [-0.2, -0.15) is 4.31 Å². The SMILES string of the molecule is COC(=O)C(C)CS(=O)(=O)N1CCCCC1C(=O)O. The van der Waals surface area contributed by atoms with Crippen molar-refractivity contribution in [3.05, 3.63) is 0 Å². The second-order valence-electron chi connectivity index (χ2n) is 4.66. The van der Waals surface area contributed by atoms with Crippen LogP contribution in [0.1, 0.15) is 26.2 Å². The maximum atomic E-state index is 12.2. The van der Waals surface area contributed by atoms with E-state index in [9.17, 15) is 18.0 Å². The van der Waals surface area contributed by atoms with E-state index in [1.165, 1.54) is 14.0 Å². The molecule has 0 saturated carbocycles. The first-order chi connectivity index (χ1) is 8.79. The maximum absolute atomic E-state index is 12.2. The number of methoxy groups -OCH3 is 1. The van der Waals surface area contributed by atoms with Crippen molar-refractivity contribution in [3.8, 4) is 0 Å². The number of carboxylic acids is 1. The van der Waals surface area contributed by atoms with Gasteiger partial charge in [0.15, 0.2) is 0 Å². The van der Waals surface area contributed by atoms with Crippen LogP contribution < -0.4 is 0 Å². The van der Waals surface area contributed by atoms with Crippen molar-refractivity contribution in [2.45, 2.75) is 32.2 Å². The van der Waals surface area contributed by atoms with Crippen molar-refractivity contribution in [1.29, 1.82) is 0 Å². The van der Waals surface area contributed by atoms with Crippen LogP contribution in [0.4, 0.5) is 0 Å². The smallest absolute Gasteiger partial charge is 0.322 e. The van der Waals surface area contributed by atoms with Gasteiger partial charge in [-0.25, -0.2) is 8.42 Å². The molecule has 1 rings (SSSR count). The molecular weight excluding hydrogens is 274 g/mol. The van der Waals surface area contributed by atoms with Crippen LogP contribution in [0.3, 0.4) is 0 Å². The normalized spacial score (nSPS) is 22.7. The molecule has 1 aliphatic rings. The van der Waals surface area contributed by atoms with E-state index >= 15 is 0 Å². The number of hydrogen-bond acceptors (Lipinski definition) is 5. The van der Waals surface area contributed by atoms with Crippen molar-refractivity contribution < 1.29 is 27.9 Å². The Balaban J connectivity index is 2.85. The second kappa shape index (κ2) is 6.33. The Morgan fingerprint density at radius 1 is 1.42 bits per heavy atom. The maximum Gasteiger partial charge on any atom is 0.322 e. The Morgan fingerprint density at radius 3 is 2.58 bits per heavy atom. The molecule has 0 aromatic heterocycles. The van der Waals surface area contributed by atoms with Gasteiger partial charge < -0.3 is 9.84 Å². The summed E-state index contributed by atoms with van der Waals surface area (Å²) >= 11 is 0. The van der Waals surface area contributed by atoms with Gasteiger partial charge >= 0.3 is 11.9 Å². The van der Waals surface area contributed by atoms with E-state index in [1.807, 2.05) is 0 Å². The number of carboxylic acid groups (broad SMARTS) is 1. The molecule has 2 unspecified atom stereocenters. The van der Waals surface area contributed by atoms with E-state index in [-0.39, 0.29) is 6.54 Å². The first-order valence-electron chi connectivity index (χ1n) is 6.09. The molecule has 1 N–H and O–H groups in total. The summed E-state index contributed by atoms with van der Waals surface area (Å²) in [5.41, 5.74) is 0. The molecule has 1 saturated heterocycles. The van der Waals surface area contributed by atoms with E-state index in [0.29, 0.717) is 19.3 Å². The lowest BCUT2D eigenvalue weighted by molar-refractivity contribution is -0.144. The summed E-state index contributed by atoms with van der Waals surface area (Å²) in [4.78, 5) is 22.4. The molecule has 0 aliphatic carbocycles. The van der Waals surface area contributed by atoms with Crippen molar-refractivity contribution in [2.75, 3.05) is 19.4 Å². The highest BCUT2D eigenvalue weighted by Crippen LogP contribution is 2.22. The molecule has 8 heteroatoms. The zero-order valence-electron chi connectivity index (χ0n) is 11.0. The number of piperidine rings is 1. The van der Waals surface area contributed by atoms with Crippen molar-refractivity contribution >= 4 is 22.0 Å². The zero-order chi connectivity index (χ0) is 14.6. The highest BCUT2D eigenvalue weighted by Gasteiger charge is 2.38. The Kier molecular flexibility index (Phi) is 5.30. The van der Waals surface area contributed by atoms with E-state index in [2.05, 4.69) is 4.74 Å². The molecule has 0 bridgehead atoms. The number of sulfonamides is 1. The molecule has 1 heterocycles. The molecule has 0 aromatic carbocycles. The monoisotopic (exact) mass is 293 g/mol. The molecule has 110 valence electrons. The molecule has 7 nitrogen and oxygen atoms in total. The first-order valence-corrected chi connectivity index (χ1v) is 7.70. The van der Waals surface area contributed by atoms with Gasteiger partial charge in [-0.1, -0.05) is 6.92 Å². The summed E-state index contributed by atoms with van der Waals surface area (Å²) in [5.74, 6) is -3.00. The number of hydrogen-bond donors (Lipinski definition) is 1. The average molecular weight is 293 g/mol. The van der Waals surface area contributed by atoms with Crippen molar-refractivity contribution in [3.63, 3.8) is 0 Å². The Bertz CT molecular complexity index is 446. The fourth-order valence-corrected chi connectivity index (χ4v) is 4.12. The second-order valence-corrected chi connectivity index (χ2v) is 6.63. The summed E-state index contributed by atoms with van der Waals surface area (Å²) in [7, 11) is -2.59. The predicted molar refractivity (Wildman–Crippen MR) is 66.9 cm³/mol. The van der Waals surface area contributed by atoms with Gasteiger partial charge in [0, 0.05) is 6.54 Å². The lowest BCUT2D eigenvalue weighted by Gasteiger charge is -2.32. The number of carbonyl (C=O) groups is 2. The fourth-order valence-electron chi connectivity index (χ4n) is 2.17. The molecule has 2 atom stereocenters. The van der Waals surface area contributed by atoms with Crippen LogP contribution in [0, 0.1) is 5.92 Å². The first kappa shape index (κ1) is 15.9. The van der Waals surface area contributed by atoms with Crippen LogP contribution in [-0.2, 0) is 24.3 Å². The Morgan fingerprint density at radius 2 is 2.05 bits per heavy atom. The third-order valence-electron chi connectivity index (χ3n) is 3.16. The van der Waals surface area contributed by atoms with Gasteiger partial charge in [-0.3, -0.25) is 9.59 Å². The fraction of sp³-hybridized carbons (Fsp3) is 0.818. The van der Waals surface area contributed by atoms with Gasteiger partial charge in [0.1, 0.15) is 6.04 Å². The number of aliphatic carboxylic acids is 1. The minimum atomic E-state index is -3.78. The van der Waals surface area contributed by atoms with Crippen LogP contribution in [0.5, 0.6) is 0 Å². The molecule has 0 aromatic rings. The summed E-state index contributed by atoms with van der Waals surface area (Å²) in [6, 6.07) is -1.02. The van der Waals surface area contributed by atoms with Crippen molar-refractivity contribution in [1.82, 2.24) is 4.31 Å². The summed E-state index contributed by atoms with van der Waals surface area (Å²) < 4.78 is 29.9. The molecule has 0 amide bonds. The number of ether oxygens (including phenoxy) is 1. The molecular formula is C11H19NO6S. The minimum absolute atomic E-state index is 0.188. The number of carbonyl (C=O) groups excluding carboxylic acids is 1. The standard InChI is InChI=1S/C11H19NO6S/c1-8(11(15)18-2)7-19(16,17)12-6-4-3-5-9(12)10(13)14/h8-9H,3-7H2,1-2H3,(H,13,14). The quantitative estimate of drug-likeness (QED) is 0.720. The largest absolute Gasteiger partial charge is 0.480 e. The van der Waals surface area contributed by atoms with Crippen LogP contribution in [0.25, 0.3) is 0 Å².